The molecule has 0 aliphatic carbocycles. The first-order valence-electron chi connectivity index (χ1n) is 10.4. The normalized spacial score (nSPS) is 13.3. The Balaban J connectivity index is 1.43. The fourth-order valence-corrected chi connectivity index (χ4v) is 3.86. The average molecular weight is 481 g/mol. The van der Waals surface area contributed by atoms with Crippen molar-refractivity contribution in [1.29, 1.82) is 0 Å². The van der Waals surface area contributed by atoms with Crippen LogP contribution in [-0.2, 0) is 0 Å². The third-order valence-electron chi connectivity index (χ3n) is 5.36. The van der Waals surface area contributed by atoms with Crippen LogP contribution in [0, 0.1) is 0 Å². The van der Waals surface area contributed by atoms with E-state index in [0.717, 1.165) is 12.1 Å². The van der Waals surface area contributed by atoms with E-state index in [1.165, 1.54) is 33.6 Å². The molecule has 12 heteroatoms. The highest BCUT2D eigenvalue weighted by Crippen LogP contribution is 2.33. The predicted molar refractivity (Wildman–Crippen MR) is 117 cm³/mol. The third-order valence-corrected chi connectivity index (χ3v) is 5.36. The number of nitrogens with zero attached hydrogens (tertiary/aromatic N) is 5. The van der Waals surface area contributed by atoms with E-state index >= 15 is 0 Å². The summed E-state index contributed by atoms with van der Waals surface area (Å²) in [5.41, 5.74) is 0.838. The monoisotopic (exact) mass is 481 g/mol. The summed E-state index contributed by atoms with van der Waals surface area (Å²) in [7, 11) is 0. The van der Waals surface area contributed by atoms with Crippen LogP contribution in [0.4, 0.5) is 13.2 Å². The summed E-state index contributed by atoms with van der Waals surface area (Å²) in [5.74, 6) is 1.45. The second kappa shape index (κ2) is 7.72. The molecular weight excluding hydrogens is 467 g/mol. The van der Waals surface area contributed by atoms with Gasteiger partial charge in [0.1, 0.15) is 19.0 Å². The summed E-state index contributed by atoms with van der Waals surface area (Å²) in [6.45, 7) is 0.921. The molecule has 0 saturated carbocycles. The maximum Gasteiger partial charge on any atom is 0.573 e. The lowest BCUT2D eigenvalue weighted by Crippen LogP contribution is -2.20. The molecule has 0 radical (unpaired) electrons. The number of benzene rings is 2. The first-order valence-corrected chi connectivity index (χ1v) is 10.4. The Bertz CT molecular complexity index is 1660. The summed E-state index contributed by atoms with van der Waals surface area (Å²) < 4.78 is 55.5. The number of pyridine rings is 1. The molecule has 6 rings (SSSR count). The van der Waals surface area contributed by atoms with Gasteiger partial charge in [-0.25, -0.2) is 4.98 Å². The van der Waals surface area contributed by atoms with Crippen LogP contribution in [0.2, 0.25) is 0 Å². The molecule has 5 aromatic rings. The van der Waals surface area contributed by atoms with Crippen molar-refractivity contribution >= 4 is 16.7 Å². The van der Waals surface area contributed by atoms with Crippen LogP contribution in [0.3, 0.4) is 0 Å². The van der Waals surface area contributed by atoms with Gasteiger partial charge in [0, 0.05) is 24.0 Å². The summed E-state index contributed by atoms with van der Waals surface area (Å²) in [6.07, 6.45) is -2.03. The van der Waals surface area contributed by atoms with E-state index in [2.05, 4.69) is 19.8 Å². The van der Waals surface area contributed by atoms with Crippen LogP contribution < -0.4 is 19.8 Å². The van der Waals surface area contributed by atoms with Gasteiger partial charge in [0.05, 0.1) is 16.6 Å². The number of fused-ring (bicyclic) bond motifs is 4. The zero-order chi connectivity index (χ0) is 24.2. The van der Waals surface area contributed by atoms with Gasteiger partial charge in [0.2, 0.25) is 0 Å². The zero-order valence-corrected chi connectivity index (χ0v) is 17.7. The molecule has 0 fully saturated rings. The van der Waals surface area contributed by atoms with Crippen molar-refractivity contribution in [3.05, 3.63) is 71.3 Å². The number of alkyl halides is 3. The summed E-state index contributed by atoms with van der Waals surface area (Å²) in [4.78, 5) is 21.9. The van der Waals surface area contributed by atoms with Gasteiger partial charge in [-0.15, -0.1) is 18.3 Å². The van der Waals surface area contributed by atoms with E-state index in [1.54, 1.807) is 24.3 Å². The standard InChI is InChI=1S/C23H14F3N5O4/c24-23(25,26)35-15-3-1-2-14(11-15)30-7-6-17-16(21(30)32)12-27-22-28-20(29-31(17)22)13-4-5-18-19(10-13)34-9-8-33-18/h1-7,10-12H,8-9H2. The molecule has 0 amide bonds. The SMILES string of the molecule is O=c1c2cnc3nc(-c4ccc5c(c4)OCCO5)nn3c2ccn1-c1cccc(OC(F)(F)F)c1. The van der Waals surface area contributed by atoms with Crippen LogP contribution in [0.1, 0.15) is 0 Å². The number of ether oxygens (including phenoxy) is 3. The maximum absolute atomic E-state index is 13.2. The van der Waals surface area contributed by atoms with Crippen molar-refractivity contribution in [2.45, 2.75) is 6.36 Å². The molecule has 0 bridgehead atoms. The highest BCUT2D eigenvalue weighted by Gasteiger charge is 2.31. The molecule has 0 spiro atoms. The Morgan fingerprint density at radius 1 is 1.00 bits per heavy atom. The fraction of sp³-hybridized carbons (Fsp3) is 0.130. The minimum absolute atomic E-state index is 0.203. The molecule has 0 N–H and O–H groups in total. The number of aromatic nitrogens is 5. The van der Waals surface area contributed by atoms with Gasteiger partial charge in [-0.2, -0.15) is 9.50 Å². The van der Waals surface area contributed by atoms with Crippen molar-refractivity contribution in [3.8, 4) is 34.3 Å². The van der Waals surface area contributed by atoms with Crippen LogP contribution in [0.15, 0.2) is 65.7 Å². The van der Waals surface area contributed by atoms with Gasteiger partial charge >= 0.3 is 6.36 Å². The Hall–Kier alpha value is -4.61. The lowest BCUT2D eigenvalue weighted by atomic mass is 10.2. The lowest BCUT2D eigenvalue weighted by Gasteiger charge is -2.18. The fourth-order valence-electron chi connectivity index (χ4n) is 3.86. The summed E-state index contributed by atoms with van der Waals surface area (Å²) >= 11 is 0. The van der Waals surface area contributed by atoms with E-state index in [1.807, 2.05) is 0 Å². The van der Waals surface area contributed by atoms with E-state index in [0.29, 0.717) is 41.6 Å². The molecule has 9 nitrogen and oxygen atoms in total. The summed E-state index contributed by atoms with van der Waals surface area (Å²) in [5, 5.41) is 4.72. The third kappa shape index (κ3) is 3.78. The van der Waals surface area contributed by atoms with E-state index < -0.39 is 17.7 Å². The Morgan fingerprint density at radius 3 is 2.66 bits per heavy atom. The van der Waals surface area contributed by atoms with E-state index in [4.69, 9.17) is 9.47 Å². The molecule has 0 atom stereocenters. The Kier molecular flexibility index (Phi) is 4.62. The number of rotatable bonds is 3. The second-order valence-corrected chi connectivity index (χ2v) is 7.60. The first-order chi connectivity index (χ1) is 16.9. The van der Waals surface area contributed by atoms with Crippen LogP contribution >= 0.6 is 0 Å². The minimum atomic E-state index is -4.84. The molecule has 4 heterocycles. The van der Waals surface area contributed by atoms with Crippen molar-refractivity contribution in [2.75, 3.05) is 13.2 Å². The average Bonchev–Trinajstić information content (AvgIpc) is 3.28. The molecule has 1 aliphatic rings. The van der Waals surface area contributed by atoms with Crippen LogP contribution in [0.25, 0.3) is 33.8 Å². The quantitative estimate of drug-likeness (QED) is 0.387. The highest BCUT2D eigenvalue weighted by atomic mass is 19.4. The van der Waals surface area contributed by atoms with Gasteiger partial charge in [-0.3, -0.25) is 9.36 Å². The molecule has 2 aromatic carbocycles. The van der Waals surface area contributed by atoms with E-state index in [9.17, 15) is 18.0 Å². The Morgan fingerprint density at radius 2 is 1.83 bits per heavy atom. The van der Waals surface area contributed by atoms with E-state index in [-0.39, 0.29) is 16.9 Å². The molecule has 3 aromatic heterocycles. The molecule has 1 aliphatic heterocycles. The predicted octanol–water partition coefficient (Wildman–Crippen LogP) is 3.77. The molecular formula is C23H14F3N5O4. The first kappa shape index (κ1) is 21.0. The summed E-state index contributed by atoms with van der Waals surface area (Å²) in [6, 6.07) is 12.1. The van der Waals surface area contributed by atoms with Crippen molar-refractivity contribution in [3.63, 3.8) is 0 Å². The highest BCUT2D eigenvalue weighted by molar-refractivity contribution is 5.79. The number of halogens is 3. The van der Waals surface area contributed by atoms with Gasteiger partial charge in [-0.05, 0) is 36.4 Å². The van der Waals surface area contributed by atoms with Gasteiger partial charge in [0.15, 0.2) is 17.3 Å². The van der Waals surface area contributed by atoms with Crippen molar-refractivity contribution in [1.82, 2.24) is 24.1 Å². The van der Waals surface area contributed by atoms with Crippen LogP contribution in [0.5, 0.6) is 17.2 Å². The molecule has 0 unspecified atom stereocenters. The van der Waals surface area contributed by atoms with Crippen molar-refractivity contribution in [2.24, 2.45) is 0 Å². The van der Waals surface area contributed by atoms with Gasteiger partial charge < -0.3 is 14.2 Å². The molecule has 176 valence electrons. The largest absolute Gasteiger partial charge is 0.573 e. The zero-order valence-electron chi connectivity index (χ0n) is 17.7. The second-order valence-electron chi connectivity index (χ2n) is 7.60. The number of hydrogen-bond acceptors (Lipinski definition) is 7. The van der Waals surface area contributed by atoms with Gasteiger partial charge in [-0.1, -0.05) is 6.07 Å². The maximum atomic E-state index is 13.2. The molecule has 0 saturated heterocycles. The number of hydrogen-bond donors (Lipinski definition) is 0. The minimum Gasteiger partial charge on any atom is -0.486 e. The van der Waals surface area contributed by atoms with Crippen molar-refractivity contribution < 1.29 is 27.4 Å². The van der Waals surface area contributed by atoms with Crippen LogP contribution in [-0.4, -0.2) is 43.7 Å². The van der Waals surface area contributed by atoms with Gasteiger partial charge in [0.25, 0.3) is 11.3 Å². The lowest BCUT2D eigenvalue weighted by molar-refractivity contribution is -0.274. The molecule has 35 heavy (non-hydrogen) atoms. The topological polar surface area (TPSA) is 92.8 Å². The Labute approximate surface area is 193 Å². The smallest absolute Gasteiger partial charge is 0.486 e.